The standard InChI is InChI=1S/C51H32N2O/c1-3-16-34(17-4-1)45-32-46(53-50(52-45)35-18-5-2-6-19-35)49-37-20-8-7-15-33(37)27-29-38(49)36-28-30-44-48(31-36)54-47-26-14-13-25-43(47)51(44)41-23-11-9-21-39(41)40-22-10-12-24-42(40)51/h1-32H. The summed E-state index contributed by atoms with van der Waals surface area (Å²) in [6.45, 7) is 0. The molecular formula is C51H32N2O. The highest BCUT2D eigenvalue weighted by Gasteiger charge is 2.50. The quantitative estimate of drug-likeness (QED) is 0.185. The number of nitrogens with zero attached hydrogens (tertiary/aromatic N) is 2. The molecule has 0 fully saturated rings. The molecule has 0 saturated heterocycles. The van der Waals surface area contributed by atoms with Gasteiger partial charge in [0.2, 0.25) is 0 Å². The smallest absolute Gasteiger partial charge is 0.160 e. The zero-order valence-corrected chi connectivity index (χ0v) is 29.3. The number of hydrogen-bond donors (Lipinski definition) is 0. The maximum Gasteiger partial charge on any atom is 0.160 e. The number of para-hydroxylation sites is 1. The fourth-order valence-corrected chi connectivity index (χ4v) is 8.86. The first-order chi connectivity index (χ1) is 26.8. The van der Waals surface area contributed by atoms with Crippen molar-refractivity contribution >= 4 is 10.8 Å². The number of hydrogen-bond acceptors (Lipinski definition) is 3. The zero-order valence-electron chi connectivity index (χ0n) is 29.3. The normalized spacial score (nSPS) is 13.1. The van der Waals surface area contributed by atoms with Crippen molar-refractivity contribution in [3.8, 4) is 67.7 Å². The van der Waals surface area contributed by atoms with Crippen molar-refractivity contribution in [2.24, 2.45) is 0 Å². The third-order valence-electron chi connectivity index (χ3n) is 11.2. The van der Waals surface area contributed by atoms with Crippen molar-refractivity contribution in [1.82, 2.24) is 9.97 Å². The van der Waals surface area contributed by atoms with E-state index in [-0.39, 0.29) is 0 Å². The molecule has 0 saturated carbocycles. The Balaban J connectivity index is 1.17. The Hall–Kier alpha value is -7.10. The van der Waals surface area contributed by atoms with Gasteiger partial charge in [-0.25, -0.2) is 9.97 Å². The van der Waals surface area contributed by atoms with Crippen LogP contribution in [0.1, 0.15) is 22.3 Å². The van der Waals surface area contributed by atoms with Crippen molar-refractivity contribution in [2.45, 2.75) is 5.41 Å². The first-order valence-electron chi connectivity index (χ1n) is 18.4. The average Bonchev–Trinajstić information content (AvgIpc) is 3.54. The first kappa shape index (κ1) is 30.5. The summed E-state index contributed by atoms with van der Waals surface area (Å²) in [5.74, 6) is 2.43. The highest BCUT2D eigenvalue weighted by atomic mass is 16.5. The van der Waals surface area contributed by atoms with Gasteiger partial charge in [0.15, 0.2) is 5.82 Å². The maximum atomic E-state index is 6.92. The van der Waals surface area contributed by atoms with E-state index in [0.29, 0.717) is 5.82 Å². The van der Waals surface area contributed by atoms with Gasteiger partial charge in [-0.2, -0.15) is 0 Å². The van der Waals surface area contributed by atoms with E-state index in [1.165, 1.54) is 22.3 Å². The van der Waals surface area contributed by atoms with Crippen molar-refractivity contribution in [3.63, 3.8) is 0 Å². The lowest BCUT2D eigenvalue weighted by atomic mass is 9.66. The molecule has 0 unspecified atom stereocenters. The maximum absolute atomic E-state index is 6.92. The van der Waals surface area contributed by atoms with Crippen LogP contribution in [0.25, 0.3) is 66.9 Å². The van der Waals surface area contributed by atoms with Gasteiger partial charge in [0.1, 0.15) is 11.5 Å². The van der Waals surface area contributed by atoms with Crippen LogP contribution in [-0.4, -0.2) is 9.97 Å². The topological polar surface area (TPSA) is 35.0 Å². The number of benzene rings is 8. The molecule has 0 amide bonds. The van der Waals surface area contributed by atoms with E-state index in [0.717, 1.165) is 72.6 Å². The van der Waals surface area contributed by atoms with Crippen LogP contribution in [0, 0.1) is 0 Å². The summed E-state index contributed by atoms with van der Waals surface area (Å²) in [5.41, 5.74) is 13.9. The molecule has 2 heterocycles. The predicted molar refractivity (Wildman–Crippen MR) is 219 cm³/mol. The highest BCUT2D eigenvalue weighted by Crippen LogP contribution is 2.62. The predicted octanol–water partition coefficient (Wildman–Crippen LogP) is 12.8. The fourth-order valence-electron chi connectivity index (χ4n) is 8.86. The molecule has 1 aromatic heterocycles. The van der Waals surface area contributed by atoms with Gasteiger partial charge in [0.25, 0.3) is 0 Å². The van der Waals surface area contributed by atoms with E-state index in [4.69, 9.17) is 14.7 Å². The molecule has 9 aromatic rings. The van der Waals surface area contributed by atoms with Gasteiger partial charge in [-0.1, -0.05) is 176 Å². The lowest BCUT2D eigenvalue weighted by Crippen LogP contribution is -2.32. The summed E-state index contributed by atoms with van der Waals surface area (Å²) < 4.78 is 6.92. The molecule has 3 heteroatoms. The average molecular weight is 689 g/mol. The zero-order chi connectivity index (χ0) is 35.6. The Morgan fingerprint density at radius 1 is 0.370 bits per heavy atom. The third-order valence-corrected chi connectivity index (χ3v) is 11.2. The number of ether oxygens (including phenoxy) is 1. The molecular weight excluding hydrogens is 657 g/mol. The van der Waals surface area contributed by atoms with Gasteiger partial charge in [-0.15, -0.1) is 0 Å². The second kappa shape index (κ2) is 12.0. The van der Waals surface area contributed by atoms with Crippen LogP contribution in [-0.2, 0) is 5.41 Å². The molecule has 3 nitrogen and oxygen atoms in total. The van der Waals surface area contributed by atoms with E-state index >= 15 is 0 Å². The molecule has 0 N–H and O–H groups in total. The van der Waals surface area contributed by atoms with Crippen LogP contribution in [0.15, 0.2) is 194 Å². The van der Waals surface area contributed by atoms with Gasteiger partial charge in [-0.3, -0.25) is 0 Å². The fraction of sp³-hybridized carbons (Fsp3) is 0.0196. The van der Waals surface area contributed by atoms with Crippen LogP contribution >= 0.6 is 0 Å². The number of aromatic nitrogens is 2. The van der Waals surface area contributed by atoms with Crippen LogP contribution in [0.3, 0.4) is 0 Å². The number of fused-ring (bicyclic) bond motifs is 10. The van der Waals surface area contributed by atoms with Gasteiger partial charge >= 0.3 is 0 Å². The van der Waals surface area contributed by atoms with Crippen molar-refractivity contribution in [1.29, 1.82) is 0 Å². The summed E-state index contributed by atoms with van der Waals surface area (Å²) in [6, 6.07) is 68.8. The summed E-state index contributed by atoms with van der Waals surface area (Å²) in [6.07, 6.45) is 0. The summed E-state index contributed by atoms with van der Waals surface area (Å²) in [5, 5.41) is 2.28. The van der Waals surface area contributed by atoms with Gasteiger partial charge in [0.05, 0.1) is 16.8 Å². The SMILES string of the molecule is c1ccc(-c2cc(-c3c(-c4ccc5c(c4)Oc4ccccc4C54c5ccccc5-c5ccccc54)ccc4ccccc34)nc(-c3ccccc3)n2)cc1. The molecule has 2 aliphatic rings. The Bertz CT molecular complexity index is 2810. The lowest BCUT2D eigenvalue weighted by molar-refractivity contribution is 0.436. The van der Waals surface area contributed by atoms with Gasteiger partial charge in [-0.05, 0) is 62.4 Å². The second-order valence-electron chi connectivity index (χ2n) is 14.1. The van der Waals surface area contributed by atoms with Crippen molar-refractivity contribution in [3.05, 3.63) is 216 Å². The molecule has 54 heavy (non-hydrogen) atoms. The molecule has 0 bridgehead atoms. The Labute approximate surface area is 313 Å². The summed E-state index contributed by atoms with van der Waals surface area (Å²) in [7, 11) is 0. The minimum atomic E-state index is -0.510. The van der Waals surface area contributed by atoms with Crippen LogP contribution in [0.2, 0.25) is 0 Å². The molecule has 1 aliphatic heterocycles. The van der Waals surface area contributed by atoms with Gasteiger partial charge < -0.3 is 4.74 Å². The molecule has 0 atom stereocenters. The second-order valence-corrected chi connectivity index (χ2v) is 14.1. The molecule has 1 aliphatic carbocycles. The highest BCUT2D eigenvalue weighted by molar-refractivity contribution is 6.04. The first-order valence-corrected chi connectivity index (χ1v) is 18.4. The van der Waals surface area contributed by atoms with E-state index in [1.807, 2.05) is 24.3 Å². The van der Waals surface area contributed by atoms with Crippen LogP contribution in [0.5, 0.6) is 11.5 Å². The number of rotatable bonds is 4. The lowest BCUT2D eigenvalue weighted by Gasteiger charge is -2.39. The minimum absolute atomic E-state index is 0.510. The molecule has 8 aromatic carbocycles. The molecule has 0 radical (unpaired) electrons. The Kier molecular flexibility index (Phi) is 6.77. The van der Waals surface area contributed by atoms with Gasteiger partial charge in [0, 0.05) is 27.8 Å². The van der Waals surface area contributed by atoms with E-state index in [2.05, 4.69) is 170 Å². The third kappa shape index (κ3) is 4.49. The van der Waals surface area contributed by atoms with Crippen molar-refractivity contribution < 1.29 is 4.74 Å². The Morgan fingerprint density at radius 3 is 1.72 bits per heavy atom. The Morgan fingerprint density at radius 2 is 0.963 bits per heavy atom. The molecule has 11 rings (SSSR count). The largest absolute Gasteiger partial charge is 0.457 e. The summed E-state index contributed by atoms with van der Waals surface area (Å²) in [4.78, 5) is 10.4. The minimum Gasteiger partial charge on any atom is -0.457 e. The van der Waals surface area contributed by atoms with Crippen LogP contribution in [0.4, 0.5) is 0 Å². The van der Waals surface area contributed by atoms with E-state index in [9.17, 15) is 0 Å². The summed E-state index contributed by atoms with van der Waals surface area (Å²) >= 11 is 0. The van der Waals surface area contributed by atoms with E-state index in [1.54, 1.807) is 0 Å². The monoisotopic (exact) mass is 688 g/mol. The molecule has 252 valence electrons. The van der Waals surface area contributed by atoms with Crippen molar-refractivity contribution in [2.75, 3.05) is 0 Å². The molecule has 1 spiro atoms. The van der Waals surface area contributed by atoms with E-state index < -0.39 is 5.41 Å². The van der Waals surface area contributed by atoms with Crippen LogP contribution < -0.4 is 4.74 Å².